The van der Waals surface area contributed by atoms with Crippen LogP contribution in [0, 0.1) is 9.49 Å². The van der Waals surface area contributed by atoms with E-state index in [1.807, 2.05) is 24.3 Å². The Labute approximate surface area is 144 Å². The molecule has 0 aliphatic heterocycles. The van der Waals surface area contributed by atoms with E-state index in [1.54, 1.807) is 0 Å². The highest BCUT2D eigenvalue weighted by Crippen LogP contribution is 2.26. The molecule has 2 rings (SSSR count). The Morgan fingerprint density at radius 3 is 2.67 bits per heavy atom. The zero-order chi connectivity index (χ0) is 15.4. The van der Waals surface area contributed by atoms with Crippen LogP contribution in [0.5, 0.6) is 0 Å². The number of benzene rings is 1. The van der Waals surface area contributed by atoms with Gasteiger partial charge in [0.25, 0.3) is 0 Å². The van der Waals surface area contributed by atoms with Crippen LogP contribution in [0.15, 0.2) is 24.3 Å². The second-order valence-corrected chi connectivity index (χ2v) is 6.81. The van der Waals surface area contributed by atoms with Crippen LogP contribution in [0.2, 0.25) is 5.02 Å². The lowest BCUT2D eigenvalue weighted by Crippen LogP contribution is -2.09. The summed E-state index contributed by atoms with van der Waals surface area (Å²) in [6.07, 6.45) is 0.937. The number of hydrogen-bond acceptors (Lipinski definition) is 3. The predicted molar refractivity (Wildman–Crippen MR) is 97.9 cm³/mol. The molecule has 0 unspecified atom stereocenters. The predicted octanol–water partition coefficient (Wildman–Crippen LogP) is 5.03. The maximum atomic E-state index is 6.08. The lowest BCUT2D eigenvalue weighted by molar-refractivity contribution is 0.632. The minimum atomic E-state index is 0.551. The zero-order valence-corrected chi connectivity index (χ0v) is 15.4. The van der Waals surface area contributed by atoms with E-state index in [1.165, 1.54) is 0 Å². The van der Waals surface area contributed by atoms with Crippen molar-refractivity contribution in [2.24, 2.45) is 5.92 Å². The summed E-state index contributed by atoms with van der Waals surface area (Å²) in [5.41, 5.74) is 2.04. The van der Waals surface area contributed by atoms with E-state index in [-0.39, 0.29) is 0 Å². The summed E-state index contributed by atoms with van der Waals surface area (Å²) in [4.78, 5) is 9.40. The average molecular weight is 416 g/mol. The molecular formula is C16H19ClIN3. The molecule has 0 radical (unpaired) electrons. The Hall–Kier alpha value is -0.880. The highest BCUT2D eigenvalue weighted by atomic mass is 127. The van der Waals surface area contributed by atoms with Gasteiger partial charge in [-0.05, 0) is 54.0 Å². The van der Waals surface area contributed by atoms with Gasteiger partial charge in [0.15, 0.2) is 5.82 Å². The molecule has 0 aliphatic carbocycles. The second-order valence-electron chi connectivity index (χ2n) is 5.30. The van der Waals surface area contributed by atoms with Crippen molar-refractivity contribution in [1.29, 1.82) is 0 Å². The Morgan fingerprint density at radius 1 is 1.29 bits per heavy atom. The van der Waals surface area contributed by atoms with Gasteiger partial charge in [-0.15, -0.1) is 0 Å². The third-order valence-corrected chi connectivity index (χ3v) is 4.32. The van der Waals surface area contributed by atoms with Crippen molar-refractivity contribution < 1.29 is 0 Å². The largest absolute Gasteiger partial charge is 0.369 e. The molecule has 1 heterocycles. The normalized spacial score (nSPS) is 11.0. The minimum absolute atomic E-state index is 0.551. The Balaban J connectivity index is 2.52. The summed E-state index contributed by atoms with van der Waals surface area (Å²) in [6.45, 7) is 7.30. The molecule has 1 aromatic heterocycles. The Morgan fingerprint density at radius 2 is 2.05 bits per heavy atom. The molecule has 0 aliphatic rings. The van der Waals surface area contributed by atoms with Crippen molar-refractivity contribution in [1.82, 2.24) is 9.97 Å². The number of nitrogens with zero attached hydrogens (tertiary/aromatic N) is 2. The van der Waals surface area contributed by atoms with Crippen LogP contribution in [-0.2, 0) is 6.42 Å². The van der Waals surface area contributed by atoms with E-state index in [0.717, 1.165) is 39.4 Å². The fourth-order valence-electron chi connectivity index (χ4n) is 2.06. The third-order valence-electron chi connectivity index (χ3n) is 2.95. The molecule has 0 saturated heterocycles. The van der Waals surface area contributed by atoms with Crippen molar-refractivity contribution in [2.75, 3.05) is 11.9 Å². The molecule has 0 spiro atoms. The first-order valence-corrected chi connectivity index (χ1v) is 8.53. The minimum Gasteiger partial charge on any atom is -0.369 e. The first kappa shape index (κ1) is 16.5. The maximum absolute atomic E-state index is 6.08. The Kier molecular flexibility index (Phi) is 5.81. The summed E-state index contributed by atoms with van der Waals surface area (Å²) < 4.78 is 1.11. The van der Waals surface area contributed by atoms with Gasteiger partial charge in [-0.3, -0.25) is 0 Å². The number of nitrogens with one attached hydrogen (secondary N) is 1. The highest BCUT2D eigenvalue weighted by molar-refractivity contribution is 14.1. The van der Waals surface area contributed by atoms with Crippen molar-refractivity contribution in [3.63, 3.8) is 0 Å². The van der Waals surface area contributed by atoms with Crippen LogP contribution in [0.4, 0.5) is 5.82 Å². The molecule has 0 bridgehead atoms. The van der Waals surface area contributed by atoms with E-state index in [2.05, 4.69) is 53.7 Å². The van der Waals surface area contributed by atoms with Crippen LogP contribution in [0.1, 0.15) is 26.5 Å². The van der Waals surface area contributed by atoms with E-state index < -0.39 is 0 Å². The highest BCUT2D eigenvalue weighted by Gasteiger charge is 2.14. The third kappa shape index (κ3) is 4.30. The van der Waals surface area contributed by atoms with E-state index >= 15 is 0 Å². The zero-order valence-electron chi connectivity index (χ0n) is 12.5. The molecule has 1 N–H and O–H groups in total. The summed E-state index contributed by atoms with van der Waals surface area (Å²) in [5.74, 6) is 2.18. The first-order chi connectivity index (χ1) is 10.0. The van der Waals surface area contributed by atoms with Gasteiger partial charge in [-0.2, -0.15) is 0 Å². The monoisotopic (exact) mass is 415 g/mol. The SMILES string of the molecule is CCNc1nc(-c2cccc(Cl)c2)nc(CC(C)C)c1I. The van der Waals surface area contributed by atoms with Gasteiger partial charge in [0.1, 0.15) is 5.82 Å². The number of rotatable bonds is 5. The second kappa shape index (κ2) is 7.40. The Bertz CT molecular complexity index is 629. The molecule has 112 valence electrons. The lowest BCUT2D eigenvalue weighted by Gasteiger charge is -2.13. The van der Waals surface area contributed by atoms with Gasteiger partial charge in [-0.25, -0.2) is 9.97 Å². The smallest absolute Gasteiger partial charge is 0.161 e. The fourth-order valence-corrected chi connectivity index (χ4v) is 2.90. The van der Waals surface area contributed by atoms with Gasteiger partial charge >= 0.3 is 0 Å². The molecule has 1 aromatic carbocycles. The summed E-state index contributed by atoms with van der Waals surface area (Å²) in [6, 6.07) is 7.67. The molecule has 0 fully saturated rings. The van der Waals surface area contributed by atoms with Crippen molar-refractivity contribution in [3.8, 4) is 11.4 Å². The van der Waals surface area contributed by atoms with Crippen LogP contribution >= 0.6 is 34.2 Å². The van der Waals surface area contributed by atoms with Gasteiger partial charge in [0, 0.05) is 17.1 Å². The molecule has 0 atom stereocenters. The van der Waals surface area contributed by atoms with Crippen LogP contribution < -0.4 is 5.32 Å². The first-order valence-electron chi connectivity index (χ1n) is 7.07. The van der Waals surface area contributed by atoms with E-state index in [9.17, 15) is 0 Å². The van der Waals surface area contributed by atoms with Crippen LogP contribution in [0.25, 0.3) is 11.4 Å². The summed E-state index contributed by atoms with van der Waals surface area (Å²) in [5, 5.41) is 4.02. The quantitative estimate of drug-likeness (QED) is 0.696. The number of hydrogen-bond donors (Lipinski definition) is 1. The van der Waals surface area contributed by atoms with Crippen molar-refractivity contribution >= 4 is 40.0 Å². The fraction of sp³-hybridized carbons (Fsp3) is 0.375. The maximum Gasteiger partial charge on any atom is 0.161 e. The van der Waals surface area contributed by atoms with Gasteiger partial charge in [-0.1, -0.05) is 37.6 Å². The number of anilines is 1. The molecule has 0 amide bonds. The molecule has 2 aromatic rings. The van der Waals surface area contributed by atoms with E-state index in [0.29, 0.717) is 10.9 Å². The van der Waals surface area contributed by atoms with Crippen molar-refractivity contribution in [2.45, 2.75) is 27.2 Å². The van der Waals surface area contributed by atoms with Crippen molar-refractivity contribution in [3.05, 3.63) is 38.6 Å². The van der Waals surface area contributed by atoms with Crippen LogP contribution in [-0.4, -0.2) is 16.5 Å². The van der Waals surface area contributed by atoms with Gasteiger partial charge < -0.3 is 5.32 Å². The molecule has 3 nitrogen and oxygen atoms in total. The van der Waals surface area contributed by atoms with E-state index in [4.69, 9.17) is 16.6 Å². The summed E-state index contributed by atoms with van der Waals surface area (Å²) >= 11 is 8.41. The molecule has 5 heteroatoms. The molecule has 0 saturated carbocycles. The summed E-state index contributed by atoms with van der Waals surface area (Å²) in [7, 11) is 0. The molecule has 21 heavy (non-hydrogen) atoms. The number of aromatic nitrogens is 2. The van der Waals surface area contributed by atoms with Crippen LogP contribution in [0.3, 0.4) is 0 Å². The average Bonchev–Trinajstić information content (AvgIpc) is 2.42. The lowest BCUT2D eigenvalue weighted by atomic mass is 10.1. The number of halogens is 2. The van der Waals surface area contributed by atoms with Gasteiger partial charge in [0.2, 0.25) is 0 Å². The standard InChI is InChI=1S/C16H19ClIN3/c1-4-19-16-14(18)13(8-10(2)3)20-15(21-16)11-6-5-7-12(17)9-11/h5-7,9-10H,4,8H2,1-3H3,(H,19,20,21). The van der Waals surface area contributed by atoms with Gasteiger partial charge in [0.05, 0.1) is 9.26 Å². The molecular weight excluding hydrogens is 397 g/mol. The topological polar surface area (TPSA) is 37.8 Å².